The molecule has 2 aromatic rings. The standard InChI is InChI=1S/C19H23N3O2/c1-14-6-8-15(9-7-14)12-21-17(23)19(2,3)18(24)22-13-16-5-4-10-20-11-16/h4-11H,12-13H2,1-3H3,(H,21,23)(H,22,24). The summed E-state index contributed by atoms with van der Waals surface area (Å²) in [5.74, 6) is -0.612. The highest BCUT2D eigenvalue weighted by molar-refractivity contribution is 6.04. The summed E-state index contributed by atoms with van der Waals surface area (Å²) >= 11 is 0. The highest BCUT2D eigenvalue weighted by atomic mass is 16.2. The smallest absolute Gasteiger partial charge is 0.235 e. The summed E-state index contributed by atoms with van der Waals surface area (Å²) in [4.78, 5) is 28.7. The van der Waals surface area contributed by atoms with Crippen LogP contribution in [0.4, 0.5) is 0 Å². The molecule has 0 atom stereocenters. The SMILES string of the molecule is Cc1ccc(CNC(=O)C(C)(C)C(=O)NCc2cccnc2)cc1. The van der Waals surface area contributed by atoms with Crippen LogP contribution in [-0.4, -0.2) is 16.8 Å². The van der Waals surface area contributed by atoms with Gasteiger partial charge in [-0.3, -0.25) is 14.6 Å². The van der Waals surface area contributed by atoms with Crippen LogP contribution in [-0.2, 0) is 22.7 Å². The van der Waals surface area contributed by atoms with E-state index in [9.17, 15) is 9.59 Å². The predicted molar refractivity (Wildman–Crippen MR) is 92.9 cm³/mol. The van der Waals surface area contributed by atoms with Crippen molar-refractivity contribution >= 4 is 11.8 Å². The molecule has 0 saturated heterocycles. The van der Waals surface area contributed by atoms with Crippen molar-refractivity contribution in [3.63, 3.8) is 0 Å². The molecule has 0 fully saturated rings. The maximum absolute atomic E-state index is 12.4. The van der Waals surface area contributed by atoms with Crippen LogP contribution in [0.3, 0.4) is 0 Å². The summed E-state index contributed by atoms with van der Waals surface area (Å²) in [7, 11) is 0. The first-order valence-corrected chi connectivity index (χ1v) is 7.90. The molecule has 5 nitrogen and oxygen atoms in total. The number of carbonyl (C=O) groups is 2. The van der Waals surface area contributed by atoms with Crippen molar-refractivity contribution in [2.24, 2.45) is 5.41 Å². The molecule has 0 unspecified atom stereocenters. The van der Waals surface area contributed by atoms with Crippen molar-refractivity contribution in [2.75, 3.05) is 0 Å². The summed E-state index contributed by atoms with van der Waals surface area (Å²) in [6.07, 6.45) is 3.36. The lowest BCUT2D eigenvalue weighted by molar-refractivity contribution is -0.141. The van der Waals surface area contributed by atoms with Crippen LogP contribution in [0, 0.1) is 12.3 Å². The third-order valence-electron chi connectivity index (χ3n) is 3.88. The number of benzene rings is 1. The number of amides is 2. The molecule has 1 aromatic heterocycles. The fourth-order valence-electron chi connectivity index (χ4n) is 2.12. The van der Waals surface area contributed by atoms with Crippen LogP contribution in [0.1, 0.15) is 30.5 Å². The Balaban J connectivity index is 1.88. The number of hydrogen-bond acceptors (Lipinski definition) is 3. The van der Waals surface area contributed by atoms with Gasteiger partial charge in [0.2, 0.25) is 11.8 Å². The van der Waals surface area contributed by atoms with E-state index in [-0.39, 0.29) is 11.8 Å². The second-order valence-corrected chi connectivity index (χ2v) is 6.34. The first kappa shape index (κ1) is 17.7. The van der Waals surface area contributed by atoms with Crippen molar-refractivity contribution < 1.29 is 9.59 Å². The van der Waals surface area contributed by atoms with E-state index in [1.807, 2.05) is 37.3 Å². The van der Waals surface area contributed by atoms with Gasteiger partial charge in [-0.2, -0.15) is 0 Å². The Morgan fingerprint density at radius 2 is 1.54 bits per heavy atom. The van der Waals surface area contributed by atoms with Crippen molar-refractivity contribution in [2.45, 2.75) is 33.9 Å². The van der Waals surface area contributed by atoms with Crippen molar-refractivity contribution in [3.05, 3.63) is 65.5 Å². The minimum Gasteiger partial charge on any atom is -0.351 e. The average molecular weight is 325 g/mol. The van der Waals surface area contributed by atoms with Gasteiger partial charge in [-0.25, -0.2) is 0 Å². The second kappa shape index (κ2) is 7.73. The van der Waals surface area contributed by atoms with E-state index in [0.29, 0.717) is 13.1 Å². The predicted octanol–water partition coefficient (Wildman–Crippen LogP) is 2.35. The summed E-state index contributed by atoms with van der Waals surface area (Å²) in [5, 5.41) is 5.61. The summed E-state index contributed by atoms with van der Waals surface area (Å²) in [5.41, 5.74) is 1.91. The molecular formula is C19H23N3O2. The zero-order valence-corrected chi connectivity index (χ0v) is 14.3. The quantitative estimate of drug-likeness (QED) is 0.801. The number of aryl methyl sites for hydroxylation is 1. The van der Waals surface area contributed by atoms with E-state index in [1.165, 1.54) is 5.56 Å². The van der Waals surface area contributed by atoms with Gasteiger partial charge in [-0.15, -0.1) is 0 Å². The number of nitrogens with one attached hydrogen (secondary N) is 2. The number of nitrogens with zero attached hydrogens (tertiary/aromatic N) is 1. The lowest BCUT2D eigenvalue weighted by atomic mass is 9.91. The molecule has 0 aliphatic carbocycles. The Bertz CT molecular complexity index is 694. The molecule has 1 heterocycles. The second-order valence-electron chi connectivity index (χ2n) is 6.34. The number of pyridine rings is 1. The maximum Gasteiger partial charge on any atom is 0.235 e. The van der Waals surface area contributed by atoms with E-state index in [2.05, 4.69) is 15.6 Å². The molecule has 2 amide bonds. The zero-order valence-electron chi connectivity index (χ0n) is 14.3. The Kier molecular flexibility index (Phi) is 5.68. The Labute approximate surface area is 142 Å². The molecule has 24 heavy (non-hydrogen) atoms. The normalized spacial score (nSPS) is 11.0. The molecule has 0 aliphatic heterocycles. The third-order valence-corrected chi connectivity index (χ3v) is 3.88. The molecule has 2 rings (SSSR count). The van der Waals surface area contributed by atoms with Crippen molar-refractivity contribution in [3.8, 4) is 0 Å². The van der Waals surface area contributed by atoms with E-state index < -0.39 is 5.41 Å². The van der Waals surface area contributed by atoms with Crippen LogP contribution >= 0.6 is 0 Å². The van der Waals surface area contributed by atoms with Crippen LogP contribution < -0.4 is 10.6 Å². The van der Waals surface area contributed by atoms with Crippen LogP contribution in [0.25, 0.3) is 0 Å². The molecule has 126 valence electrons. The van der Waals surface area contributed by atoms with Crippen LogP contribution in [0.2, 0.25) is 0 Å². The van der Waals surface area contributed by atoms with Gasteiger partial charge >= 0.3 is 0 Å². The largest absolute Gasteiger partial charge is 0.351 e. The molecular weight excluding hydrogens is 302 g/mol. The minimum atomic E-state index is -1.15. The molecule has 0 spiro atoms. The third kappa shape index (κ3) is 4.65. The van der Waals surface area contributed by atoms with Crippen LogP contribution in [0.5, 0.6) is 0 Å². The monoisotopic (exact) mass is 325 g/mol. The van der Waals surface area contributed by atoms with Gasteiger partial charge < -0.3 is 10.6 Å². The molecule has 0 aliphatic rings. The van der Waals surface area contributed by atoms with E-state index >= 15 is 0 Å². The Morgan fingerprint density at radius 1 is 0.958 bits per heavy atom. The van der Waals surface area contributed by atoms with Gasteiger partial charge in [0.1, 0.15) is 5.41 Å². The lowest BCUT2D eigenvalue weighted by Gasteiger charge is -2.22. The van der Waals surface area contributed by atoms with Crippen LogP contribution in [0.15, 0.2) is 48.8 Å². The average Bonchev–Trinajstić information content (AvgIpc) is 2.59. The van der Waals surface area contributed by atoms with Crippen molar-refractivity contribution in [1.82, 2.24) is 15.6 Å². The minimum absolute atomic E-state index is 0.299. The maximum atomic E-state index is 12.4. The highest BCUT2D eigenvalue weighted by Crippen LogP contribution is 2.16. The number of aromatic nitrogens is 1. The number of rotatable bonds is 6. The van der Waals surface area contributed by atoms with Crippen molar-refractivity contribution in [1.29, 1.82) is 0 Å². The Hall–Kier alpha value is -2.69. The summed E-state index contributed by atoms with van der Waals surface area (Å²) in [6.45, 7) is 6.00. The van der Waals surface area contributed by atoms with E-state index in [1.54, 1.807) is 32.3 Å². The topological polar surface area (TPSA) is 71.1 Å². The fourth-order valence-corrected chi connectivity index (χ4v) is 2.12. The molecule has 0 bridgehead atoms. The summed E-state index contributed by atoms with van der Waals surface area (Å²) < 4.78 is 0. The van der Waals surface area contributed by atoms with Gasteiger partial charge in [-0.05, 0) is 38.0 Å². The lowest BCUT2D eigenvalue weighted by Crippen LogP contribution is -2.47. The first-order chi connectivity index (χ1) is 11.4. The van der Waals surface area contributed by atoms with Gasteiger partial charge in [0.05, 0.1) is 0 Å². The molecule has 0 radical (unpaired) electrons. The summed E-state index contributed by atoms with van der Waals surface area (Å²) in [6, 6.07) is 11.6. The number of hydrogen-bond donors (Lipinski definition) is 2. The molecule has 1 aromatic carbocycles. The first-order valence-electron chi connectivity index (χ1n) is 7.90. The van der Waals surface area contributed by atoms with E-state index in [0.717, 1.165) is 11.1 Å². The molecule has 2 N–H and O–H groups in total. The fraction of sp³-hybridized carbons (Fsp3) is 0.316. The number of carbonyl (C=O) groups excluding carboxylic acids is 2. The van der Waals surface area contributed by atoms with E-state index in [4.69, 9.17) is 0 Å². The Morgan fingerprint density at radius 3 is 2.08 bits per heavy atom. The molecule has 0 saturated carbocycles. The van der Waals surface area contributed by atoms with Gasteiger partial charge in [0, 0.05) is 25.5 Å². The zero-order chi connectivity index (χ0) is 17.6. The van der Waals surface area contributed by atoms with Gasteiger partial charge in [-0.1, -0.05) is 35.9 Å². The van der Waals surface area contributed by atoms with Gasteiger partial charge in [0.25, 0.3) is 0 Å². The highest BCUT2D eigenvalue weighted by Gasteiger charge is 2.35. The molecule has 5 heteroatoms. The van der Waals surface area contributed by atoms with Gasteiger partial charge in [0.15, 0.2) is 0 Å².